The summed E-state index contributed by atoms with van der Waals surface area (Å²) in [5.41, 5.74) is 3.21. The molecular formula is C27H24Cl2FN7O. The van der Waals surface area contributed by atoms with Crippen molar-refractivity contribution in [3.8, 4) is 16.8 Å². The van der Waals surface area contributed by atoms with Gasteiger partial charge in [0.15, 0.2) is 0 Å². The standard InChI is InChI=1S/C27H24Cl2FN7O/c1-27(2,3)24-11-25(37(35-24)18-9-16(28)8-17(29)10-18)34-26(38)33-22-6-5-15(7-21(22)30)19-12-31-14-23-20(19)13-32-36(23)4/h5-14H,1-4H3,(H2,33,34,38). The average Bonchev–Trinajstić information content (AvgIpc) is 3.44. The van der Waals surface area contributed by atoms with Gasteiger partial charge >= 0.3 is 6.03 Å². The van der Waals surface area contributed by atoms with E-state index in [9.17, 15) is 4.79 Å². The average molecular weight is 552 g/mol. The summed E-state index contributed by atoms with van der Waals surface area (Å²) in [6, 6.07) is 10.7. The molecule has 0 fully saturated rings. The van der Waals surface area contributed by atoms with Crippen molar-refractivity contribution >= 4 is 51.6 Å². The summed E-state index contributed by atoms with van der Waals surface area (Å²) in [7, 11) is 1.82. The lowest BCUT2D eigenvalue weighted by atomic mass is 9.92. The number of amides is 2. The van der Waals surface area contributed by atoms with Gasteiger partial charge in [0.2, 0.25) is 0 Å². The van der Waals surface area contributed by atoms with Gasteiger partial charge in [0.25, 0.3) is 0 Å². The molecule has 0 saturated heterocycles. The predicted octanol–water partition coefficient (Wildman–Crippen LogP) is 7.21. The number of nitrogens with zero attached hydrogens (tertiary/aromatic N) is 5. The van der Waals surface area contributed by atoms with Crippen molar-refractivity contribution in [2.75, 3.05) is 10.6 Å². The predicted molar refractivity (Wildman–Crippen MR) is 149 cm³/mol. The summed E-state index contributed by atoms with van der Waals surface area (Å²) in [5.74, 6) is -0.221. The van der Waals surface area contributed by atoms with Crippen LogP contribution >= 0.6 is 23.2 Å². The molecule has 0 aliphatic rings. The topological polar surface area (TPSA) is 89.7 Å². The van der Waals surface area contributed by atoms with Crippen LogP contribution in [0.2, 0.25) is 10.0 Å². The fourth-order valence-electron chi connectivity index (χ4n) is 4.04. The first-order valence-corrected chi connectivity index (χ1v) is 12.5. The van der Waals surface area contributed by atoms with Crippen molar-refractivity contribution in [1.29, 1.82) is 0 Å². The fraction of sp³-hybridized carbons (Fsp3) is 0.185. The quantitative estimate of drug-likeness (QED) is 0.247. The second-order valence-electron chi connectivity index (χ2n) is 9.87. The summed E-state index contributed by atoms with van der Waals surface area (Å²) >= 11 is 12.4. The normalized spacial score (nSPS) is 11.7. The van der Waals surface area contributed by atoms with Gasteiger partial charge in [0.1, 0.15) is 11.6 Å². The van der Waals surface area contributed by atoms with E-state index >= 15 is 4.39 Å². The molecule has 38 heavy (non-hydrogen) atoms. The summed E-state index contributed by atoms with van der Waals surface area (Å²) in [4.78, 5) is 17.2. The van der Waals surface area contributed by atoms with Crippen LogP contribution in [-0.2, 0) is 12.5 Å². The molecule has 8 nitrogen and oxygen atoms in total. The molecule has 2 aromatic carbocycles. The second-order valence-corrected chi connectivity index (χ2v) is 10.7. The van der Waals surface area contributed by atoms with E-state index in [0.717, 1.165) is 22.2 Å². The number of pyridine rings is 1. The molecule has 0 saturated carbocycles. The minimum Gasteiger partial charge on any atom is -0.305 e. The molecule has 2 N–H and O–H groups in total. The molecule has 0 radical (unpaired) electrons. The third-order valence-corrected chi connectivity index (χ3v) is 6.45. The van der Waals surface area contributed by atoms with Gasteiger partial charge in [-0.05, 0) is 35.9 Å². The highest BCUT2D eigenvalue weighted by Gasteiger charge is 2.22. The molecule has 0 bridgehead atoms. The van der Waals surface area contributed by atoms with Crippen LogP contribution in [-0.4, -0.2) is 30.6 Å². The number of anilines is 2. The van der Waals surface area contributed by atoms with E-state index in [0.29, 0.717) is 27.1 Å². The Morgan fingerprint density at radius 1 is 0.974 bits per heavy atom. The zero-order valence-electron chi connectivity index (χ0n) is 21.1. The van der Waals surface area contributed by atoms with E-state index in [1.54, 1.807) is 58.3 Å². The number of hydrogen-bond acceptors (Lipinski definition) is 4. The zero-order valence-corrected chi connectivity index (χ0v) is 22.6. The molecular weight excluding hydrogens is 528 g/mol. The van der Waals surface area contributed by atoms with E-state index in [4.69, 9.17) is 23.2 Å². The van der Waals surface area contributed by atoms with Crippen LogP contribution in [0.1, 0.15) is 26.5 Å². The Morgan fingerprint density at radius 2 is 1.71 bits per heavy atom. The second kappa shape index (κ2) is 9.74. The molecule has 0 atom stereocenters. The number of urea groups is 1. The van der Waals surface area contributed by atoms with Gasteiger partial charge < -0.3 is 5.32 Å². The lowest BCUT2D eigenvalue weighted by Crippen LogP contribution is -2.22. The van der Waals surface area contributed by atoms with Crippen molar-refractivity contribution < 1.29 is 9.18 Å². The van der Waals surface area contributed by atoms with Gasteiger partial charge in [-0.25, -0.2) is 13.9 Å². The van der Waals surface area contributed by atoms with Crippen molar-refractivity contribution in [2.45, 2.75) is 26.2 Å². The van der Waals surface area contributed by atoms with Gasteiger partial charge in [-0.3, -0.25) is 15.0 Å². The lowest BCUT2D eigenvalue weighted by molar-refractivity contribution is 0.262. The van der Waals surface area contributed by atoms with Gasteiger partial charge in [0.05, 0.1) is 35.0 Å². The largest absolute Gasteiger partial charge is 0.324 e. The van der Waals surface area contributed by atoms with Crippen molar-refractivity contribution in [3.63, 3.8) is 0 Å². The minimum absolute atomic E-state index is 0.0190. The van der Waals surface area contributed by atoms with E-state index in [1.807, 2.05) is 27.8 Å². The molecule has 11 heteroatoms. The van der Waals surface area contributed by atoms with Gasteiger partial charge in [0, 0.05) is 45.7 Å². The van der Waals surface area contributed by atoms with Crippen molar-refractivity contribution in [3.05, 3.63) is 82.6 Å². The van der Waals surface area contributed by atoms with Crippen molar-refractivity contribution in [2.24, 2.45) is 7.05 Å². The Balaban J connectivity index is 1.41. The maximum atomic E-state index is 15.1. The van der Waals surface area contributed by atoms with E-state index in [-0.39, 0.29) is 11.1 Å². The van der Waals surface area contributed by atoms with Crippen LogP contribution in [0.3, 0.4) is 0 Å². The van der Waals surface area contributed by atoms with Crippen LogP contribution < -0.4 is 10.6 Å². The summed E-state index contributed by atoms with van der Waals surface area (Å²) < 4.78 is 18.3. The number of hydrogen-bond donors (Lipinski definition) is 2. The number of nitrogens with one attached hydrogen (secondary N) is 2. The Labute approximate surface area is 228 Å². The summed E-state index contributed by atoms with van der Waals surface area (Å²) in [5, 5.41) is 16.0. The molecule has 0 aliphatic carbocycles. The molecule has 2 amide bonds. The molecule has 3 heterocycles. The highest BCUT2D eigenvalue weighted by atomic mass is 35.5. The third kappa shape index (κ3) is 5.07. The van der Waals surface area contributed by atoms with E-state index < -0.39 is 11.8 Å². The molecule has 3 aromatic heterocycles. The summed E-state index contributed by atoms with van der Waals surface area (Å²) in [6.45, 7) is 6.02. The number of carbonyl (C=O) groups is 1. The number of aromatic nitrogens is 5. The molecule has 5 rings (SSSR count). The maximum absolute atomic E-state index is 15.1. The highest BCUT2D eigenvalue weighted by Crippen LogP contribution is 2.31. The fourth-order valence-corrected chi connectivity index (χ4v) is 4.55. The Kier molecular flexibility index (Phi) is 6.58. The zero-order chi connectivity index (χ0) is 27.2. The molecule has 0 unspecified atom stereocenters. The van der Waals surface area contributed by atoms with E-state index in [2.05, 4.69) is 25.8 Å². The minimum atomic E-state index is -0.637. The number of benzene rings is 2. The van der Waals surface area contributed by atoms with Gasteiger partial charge in [-0.2, -0.15) is 10.2 Å². The van der Waals surface area contributed by atoms with Crippen LogP contribution in [0.25, 0.3) is 27.7 Å². The molecule has 5 aromatic rings. The van der Waals surface area contributed by atoms with Crippen LogP contribution in [0.15, 0.2) is 61.1 Å². The van der Waals surface area contributed by atoms with Crippen LogP contribution in [0.5, 0.6) is 0 Å². The summed E-state index contributed by atoms with van der Waals surface area (Å²) in [6.07, 6.45) is 5.08. The molecule has 0 aliphatic heterocycles. The number of aryl methyl sites for hydroxylation is 1. The SMILES string of the molecule is Cn1ncc2c(-c3ccc(NC(=O)Nc4cc(C(C)(C)C)nn4-c4cc(Cl)cc(Cl)c4)c(F)c3)cncc21. The van der Waals surface area contributed by atoms with Crippen LogP contribution in [0, 0.1) is 5.82 Å². The molecule has 0 spiro atoms. The van der Waals surface area contributed by atoms with Gasteiger partial charge in [-0.15, -0.1) is 0 Å². The molecule has 194 valence electrons. The third-order valence-electron chi connectivity index (χ3n) is 6.01. The van der Waals surface area contributed by atoms with E-state index in [1.165, 1.54) is 12.1 Å². The lowest BCUT2D eigenvalue weighted by Gasteiger charge is -2.14. The number of rotatable bonds is 4. The Bertz CT molecular complexity index is 1670. The van der Waals surface area contributed by atoms with Gasteiger partial charge in [-0.1, -0.05) is 50.0 Å². The smallest absolute Gasteiger partial charge is 0.305 e. The first-order chi connectivity index (χ1) is 18.0. The number of fused-ring (bicyclic) bond motifs is 1. The van der Waals surface area contributed by atoms with Crippen LogP contribution in [0.4, 0.5) is 20.7 Å². The highest BCUT2D eigenvalue weighted by molar-refractivity contribution is 6.34. The monoisotopic (exact) mass is 551 g/mol. The van der Waals surface area contributed by atoms with Crippen molar-refractivity contribution in [1.82, 2.24) is 24.5 Å². The first-order valence-electron chi connectivity index (χ1n) is 11.7. The number of carbonyl (C=O) groups excluding carboxylic acids is 1. The maximum Gasteiger partial charge on any atom is 0.324 e. The first kappa shape index (κ1) is 25.7. The Morgan fingerprint density at radius 3 is 2.39 bits per heavy atom. The Hall–Kier alpha value is -3.95. The number of halogens is 3.